The van der Waals surface area contributed by atoms with E-state index in [9.17, 15) is 0 Å². The van der Waals surface area contributed by atoms with E-state index in [4.69, 9.17) is 33.2 Å². The fourth-order valence-corrected chi connectivity index (χ4v) is 2.29. The normalized spacial score (nSPS) is 14.4. The number of ether oxygens (including phenoxy) is 7. The molecule has 0 N–H and O–H groups in total. The molecular weight excluding hydrogens is 328 g/mol. The summed E-state index contributed by atoms with van der Waals surface area (Å²) in [5, 5.41) is 0. The molecule has 0 aliphatic carbocycles. The summed E-state index contributed by atoms with van der Waals surface area (Å²) >= 11 is 0. The molecular formula is C18H38O7. The van der Waals surface area contributed by atoms with Crippen molar-refractivity contribution in [3.8, 4) is 0 Å². The average molecular weight is 366 g/mol. The Kier molecular flexibility index (Phi) is 17.0. The van der Waals surface area contributed by atoms with E-state index < -0.39 is 12.6 Å². The molecule has 0 radical (unpaired) electrons. The van der Waals surface area contributed by atoms with Crippen molar-refractivity contribution in [2.45, 2.75) is 79.5 Å². The van der Waals surface area contributed by atoms with Crippen LogP contribution >= 0.6 is 0 Å². The van der Waals surface area contributed by atoms with Crippen LogP contribution < -0.4 is 0 Å². The maximum Gasteiger partial charge on any atom is 0.165 e. The molecule has 0 bridgehead atoms. The third kappa shape index (κ3) is 12.7. The Morgan fingerprint density at radius 1 is 0.400 bits per heavy atom. The third-order valence-electron chi connectivity index (χ3n) is 3.19. The Morgan fingerprint density at radius 3 is 0.880 bits per heavy atom. The van der Waals surface area contributed by atoms with Gasteiger partial charge in [0.15, 0.2) is 25.2 Å². The lowest BCUT2D eigenvalue weighted by molar-refractivity contribution is -0.284. The third-order valence-corrected chi connectivity index (χ3v) is 3.19. The van der Waals surface area contributed by atoms with Crippen LogP contribution in [0.5, 0.6) is 0 Å². The number of hydrogen-bond acceptors (Lipinski definition) is 7. The Morgan fingerprint density at radius 2 is 0.640 bits per heavy atom. The van der Waals surface area contributed by atoms with Gasteiger partial charge in [0.1, 0.15) is 0 Å². The fraction of sp³-hybridized carbons (Fsp3) is 1.00. The van der Waals surface area contributed by atoms with E-state index in [-0.39, 0.29) is 12.6 Å². The molecule has 0 amide bonds. The Balaban J connectivity index is 4.78. The zero-order valence-electron chi connectivity index (χ0n) is 16.8. The van der Waals surface area contributed by atoms with Gasteiger partial charge in [0.2, 0.25) is 0 Å². The van der Waals surface area contributed by atoms with E-state index in [0.717, 1.165) is 0 Å². The summed E-state index contributed by atoms with van der Waals surface area (Å²) in [5.74, 6) is 0. The second-order valence-corrected chi connectivity index (χ2v) is 5.06. The Labute approximate surface area is 153 Å². The molecule has 25 heavy (non-hydrogen) atoms. The van der Waals surface area contributed by atoms with Gasteiger partial charge in [-0.05, 0) is 41.5 Å². The lowest BCUT2D eigenvalue weighted by Crippen LogP contribution is -2.35. The predicted molar refractivity (Wildman–Crippen MR) is 95.2 cm³/mol. The van der Waals surface area contributed by atoms with E-state index in [1.165, 1.54) is 0 Å². The molecule has 2 atom stereocenters. The molecule has 0 spiro atoms. The Bertz CT molecular complexity index is 240. The molecule has 0 heterocycles. The average Bonchev–Trinajstić information content (AvgIpc) is 2.56. The van der Waals surface area contributed by atoms with Gasteiger partial charge in [-0.1, -0.05) is 0 Å². The van der Waals surface area contributed by atoms with Crippen molar-refractivity contribution in [3.63, 3.8) is 0 Å². The van der Waals surface area contributed by atoms with Crippen LogP contribution in [-0.2, 0) is 33.2 Å². The minimum Gasteiger partial charge on any atom is -0.353 e. The van der Waals surface area contributed by atoms with Crippen LogP contribution in [0.15, 0.2) is 0 Å². The minimum atomic E-state index is -0.492. The van der Waals surface area contributed by atoms with Crippen LogP contribution in [0, 0.1) is 0 Å². The summed E-state index contributed by atoms with van der Waals surface area (Å²) < 4.78 is 39.8. The molecule has 0 aliphatic heterocycles. The molecule has 0 saturated carbocycles. The molecule has 0 aliphatic rings. The summed E-state index contributed by atoms with van der Waals surface area (Å²) in [4.78, 5) is 0. The summed E-state index contributed by atoms with van der Waals surface area (Å²) in [6, 6.07) is 0. The van der Waals surface area contributed by atoms with E-state index in [2.05, 4.69) is 0 Å². The van der Waals surface area contributed by atoms with Crippen LogP contribution in [0.3, 0.4) is 0 Å². The smallest absolute Gasteiger partial charge is 0.165 e. The van der Waals surface area contributed by atoms with Gasteiger partial charge in [-0.15, -0.1) is 0 Å². The second-order valence-electron chi connectivity index (χ2n) is 5.06. The number of rotatable bonds is 18. The zero-order chi connectivity index (χ0) is 18.9. The standard InChI is InChI=1S/C18H38O7/c1-7-19-15(20-8-2)13-17(23-11-5)25-18(24-12-6)14-16(21-9-3)22-10-4/h15-18H,7-14H2,1-6H3. The van der Waals surface area contributed by atoms with Crippen LogP contribution in [0.1, 0.15) is 54.4 Å². The van der Waals surface area contributed by atoms with Gasteiger partial charge in [-0.25, -0.2) is 0 Å². The van der Waals surface area contributed by atoms with E-state index in [1.807, 2.05) is 41.5 Å². The highest BCUT2D eigenvalue weighted by atomic mass is 16.8. The highest BCUT2D eigenvalue weighted by Crippen LogP contribution is 2.17. The molecule has 0 saturated heterocycles. The first-order chi connectivity index (χ1) is 12.1. The molecule has 2 unspecified atom stereocenters. The van der Waals surface area contributed by atoms with Crippen molar-refractivity contribution >= 4 is 0 Å². The summed E-state index contributed by atoms with van der Waals surface area (Å²) in [5.41, 5.74) is 0. The van der Waals surface area contributed by atoms with Crippen molar-refractivity contribution in [3.05, 3.63) is 0 Å². The fourth-order valence-electron chi connectivity index (χ4n) is 2.29. The zero-order valence-corrected chi connectivity index (χ0v) is 16.8. The van der Waals surface area contributed by atoms with Gasteiger partial charge in [-0.3, -0.25) is 0 Å². The first-order valence-electron chi connectivity index (χ1n) is 9.49. The van der Waals surface area contributed by atoms with E-state index in [0.29, 0.717) is 52.5 Å². The predicted octanol–water partition coefficient (Wildman–Crippen LogP) is 3.31. The second kappa shape index (κ2) is 17.1. The highest BCUT2D eigenvalue weighted by molar-refractivity contribution is 4.57. The molecule has 7 nitrogen and oxygen atoms in total. The Hall–Kier alpha value is -0.280. The van der Waals surface area contributed by atoms with Gasteiger partial charge in [0.25, 0.3) is 0 Å². The van der Waals surface area contributed by atoms with Gasteiger partial charge >= 0.3 is 0 Å². The molecule has 0 rings (SSSR count). The number of hydrogen-bond donors (Lipinski definition) is 0. The molecule has 0 aromatic carbocycles. The van der Waals surface area contributed by atoms with Crippen LogP contribution in [0.2, 0.25) is 0 Å². The first-order valence-corrected chi connectivity index (χ1v) is 9.49. The molecule has 0 aromatic heterocycles. The van der Waals surface area contributed by atoms with Crippen molar-refractivity contribution in [2.24, 2.45) is 0 Å². The summed E-state index contributed by atoms with van der Waals surface area (Å²) in [6.07, 6.45) is -0.797. The van der Waals surface area contributed by atoms with Gasteiger partial charge in [0, 0.05) is 52.5 Å². The monoisotopic (exact) mass is 366 g/mol. The lowest BCUT2D eigenvalue weighted by atomic mass is 10.3. The largest absolute Gasteiger partial charge is 0.353 e. The van der Waals surface area contributed by atoms with Gasteiger partial charge < -0.3 is 33.2 Å². The van der Waals surface area contributed by atoms with Crippen molar-refractivity contribution < 1.29 is 33.2 Å². The lowest BCUT2D eigenvalue weighted by Gasteiger charge is -2.29. The van der Waals surface area contributed by atoms with Gasteiger partial charge in [0.05, 0.1) is 0 Å². The summed E-state index contributed by atoms with van der Waals surface area (Å²) in [6.45, 7) is 14.9. The minimum absolute atomic E-state index is 0.372. The van der Waals surface area contributed by atoms with E-state index >= 15 is 0 Å². The maximum absolute atomic E-state index is 6.01. The van der Waals surface area contributed by atoms with Crippen molar-refractivity contribution in [1.29, 1.82) is 0 Å². The van der Waals surface area contributed by atoms with Crippen molar-refractivity contribution in [2.75, 3.05) is 39.6 Å². The van der Waals surface area contributed by atoms with Crippen molar-refractivity contribution in [1.82, 2.24) is 0 Å². The first kappa shape index (κ1) is 24.7. The maximum atomic E-state index is 6.01. The molecule has 0 aromatic rings. The quantitative estimate of drug-likeness (QED) is 0.345. The highest BCUT2D eigenvalue weighted by Gasteiger charge is 2.25. The van der Waals surface area contributed by atoms with Crippen LogP contribution in [-0.4, -0.2) is 64.8 Å². The van der Waals surface area contributed by atoms with Crippen LogP contribution in [0.4, 0.5) is 0 Å². The molecule has 7 heteroatoms. The SMILES string of the molecule is CCOC(CC(OCC)OC(CC(OCC)OCC)OCC)OCC. The van der Waals surface area contributed by atoms with Gasteiger partial charge in [-0.2, -0.15) is 0 Å². The molecule has 152 valence electrons. The topological polar surface area (TPSA) is 64.6 Å². The van der Waals surface area contributed by atoms with Crippen LogP contribution in [0.25, 0.3) is 0 Å². The van der Waals surface area contributed by atoms with E-state index in [1.54, 1.807) is 0 Å². The molecule has 0 fully saturated rings. The summed E-state index contributed by atoms with van der Waals surface area (Å²) in [7, 11) is 0.